The summed E-state index contributed by atoms with van der Waals surface area (Å²) in [6, 6.07) is 6.37. The Kier molecular flexibility index (Phi) is 7.55. The van der Waals surface area contributed by atoms with Crippen molar-refractivity contribution in [3.05, 3.63) is 35.4 Å². The second-order valence-corrected chi connectivity index (χ2v) is 3.41. The largest absolute Gasteiger partial charge is 0.481 e. The summed E-state index contributed by atoms with van der Waals surface area (Å²) in [6.45, 7) is -0.234. The smallest absolute Gasteiger partial charge is 0.336 e. The number of aliphatic hydroxyl groups is 1. The third-order valence-corrected chi connectivity index (χ3v) is 1.97. The maximum Gasteiger partial charge on any atom is 0.336 e. The van der Waals surface area contributed by atoms with Crippen molar-refractivity contribution in [3.63, 3.8) is 0 Å². The van der Waals surface area contributed by atoms with Gasteiger partial charge < -0.3 is 20.4 Å². The standard InChI is InChI=1S/C8H8O3.C4H6O4/c9-5-6-3-1-2-4-7(6)8(10)11;5-3(6)1-2-4(7)8/h1-4,9H,5H2,(H,10,11);1-2H2,(H,5,6)(H,7,8). The van der Waals surface area contributed by atoms with Crippen LogP contribution >= 0.6 is 0 Å². The molecule has 1 aromatic carbocycles. The topological polar surface area (TPSA) is 132 Å². The van der Waals surface area contributed by atoms with E-state index in [0.29, 0.717) is 5.56 Å². The number of aliphatic carboxylic acids is 2. The van der Waals surface area contributed by atoms with E-state index in [9.17, 15) is 14.4 Å². The molecule has 0 bridgehead atoms. The molecule has 0 unspecified atom stereocenters. The fraction of sp³-hybridized carbons (Fsp3) is 0.250. The Morgan fingerprint density at radius 2 is 1.37 bits per heavy atom. The summed E-state index contributed by atoms with van der Waals surface area (Å²) in [7, 11) is 0. The predicted octanol–water partition coefficient (Wildman–Crippen LogP) is 0.813. The van der Waals surface area contributed by atoms with E-state index >= 15 is 0 Å². The van der Waals surface area contributed by atoms with E-state index in [0.717, 1.165) is 0 Å². The molecule has 0 atom stereocenters. The van der Waals surface area contributed by atoms with Crippen molar-refractivity contribution in [1.82, 2.24) is 0 Å². The zero-order valence-electron chi connectivity index (χ0n) is 9.94. The Balaban J connectivity index is 0.000000362. The molecule has 7 nitrogen and oxygen atoms in total. The van der Waals surface area contributed by atoms with Crippen LogP contribution in [0.5, 0.6) is 0 Å². The van der Waals surface area contributed by atoms with Crippen molar-refractivity contribution < 1.29 is 34.8 Å². The van der Waals surface area contributed by atoms with Crippen LogP contribution in [-0.2, 0) is 16.2 Å². The second-order valence-electron chi connectivity index (χ2n) is 3.41. The lowest BCUT2D eigenvalue weighted by Crippen LogP contribution is -2.01. The first-order valence-electron chi connectivity index (χ1n) is 5.24. The lowest BCUT2D eigenvalue weighted by Gasteiger charge is -1.99. The maximum atomic E-state index is 10.5. The van der Waals surface area contributed by atoms with Crippen LogP contribution in [0.4, 0.5) is 0 Å². The minimum Gasteiger partial charge on any atom is -0.481 e. The summed E-state index contributed by atoms with van der Waals surface area (Å²) < 4.78 is 0. The molecule has 0 aliphatic rings. The molecule has 0 saturated heterocycles. The number of aromatic carboxylic acids is 1. The molecule has 4 N–H and O–H groups in total. The van der Waals surface area contributed by atoms with E-state index in [1.165, 1.54) is 6.07 Å². The van der Waals surface area contributed by atoms with Gasteiger partial charge in [0.15, 0.2) is 0 Å². The van der Waals surface area contributed by atoms with E-state index in [-0.39, 0.29) is 25.0 Å². The zero-order chi connectivity index (χ0) is 14.8. The summed E-state index contributed by atoms with van der Waals surface area (Å²) >= 11 is 0. The summed E-state index contributed by atoms with van der Waals surface area (Å²) in [5.74, 6) is -3.16. The van der Waals surface area contributed by atoms with E-state index in [2.05, 4.69) is 0 Å². The van der Waals surface area contributed by atoms with Crippen molar-refractivity contribution >= 4 is 17.9 Å². The van der Waals surface area contributed by atoms with Gasteiger partial charge in [-0.2, -0.15) is 0 Å². The molecule has 1 aromatic rings. The van der Waals surface area contributed by atoms with Gasteiger partial charge >= 0.3 is 17.9 Å². The van der Waals surface area contributed by atoms with E-state index in [1.807, 2.05) is 0 Å². The third-order valence-electron chi connectivity index (χ3n) is 1.97. The van der Waals surface area contributed by atoms with E-state index in [4.69, 9.17) is 20.4 Å². The van der Waals surface area contributed by atoms with Crippen LogP contribution in [0.1, 0.15) is 28.8 Å². The molecule has 0 aromatic heterocycles. The average molecular weight is 270 g/mol. The van der Waals surface area contributed by atoms with Gasteiger partial charge in [-0.3, -0.25) is 9.59 Å². The first-order valence-corrected chi connectivity index (χ1v) is 5.24. The van der Waals surface area contributed by atoms with Crippen LogP contribution in [0.3, 0.4) is 0 Å². The fourth-order valence-corrected chi connectivity index (χ4v) is 1.08. The van der Waals surface area contributed by atoms with Crippen LogP contribution in [0.2, 0.25) is 0 Å². The summed E-state index contributed by atoms with van der Waals surface area (Å²) in [5.41, 5.74) is 0.606. The SMILES string of the molecule is O=C(O)CCC(=O)O.O=C(O)c1ccccc1CO. The average Bonchev–Trinajstić information content (AvgIpc) is 2.37. The van der Waals surface area contributed by atoms with Gasteiger partial charge in [0.1, 0.15) is 0 Å². The number of hydrogen-bond donors (Lipinski definition) is 4. The van der Waals surface area contributed by atoms with Gasteiger partial charge in [0, 0.05) is 0 Å². The minimum absolute atomic E-state index is 0.162. The van der Waals surface area contributed by atoms with E-state index < -0.39 is 17.9 Å². The molecule has 0 amide bonds. The van der Waals surface area contributed by atoms with Crippen molar-refractivity contribution in [2.24, 2.45) is 0 Å². The number of carboxylic acids is 3. The van der Waals surface area contributed by atoms with Crippen molar-refractivity contribution in [3.8, 4) is 0 Å². The fourth-order valence-electron chi connectivity index (χ4n) is 1.08. The van der Waals surface area contributed by atoms with Crippen molar-refractivity contribution in [1.29, 1.82) is 0 Å². The third kappa shape index (κ3) is 7.50. The Labute approximate surface area is 108 Å². The second kappa shape index (κ2) is 8.65. The lowest BCUT2D eigenvalue weighted by molar-refractivity contribution is -0.143. The number of hydrogen-bond acceptors (Lipinski definition) is 4. The molecule has 0 fully saturated rings. The van der Waals surface area contributed by atoms with Crippen molar-refractivity contribution in [2.45, 2.75) is 19.4 Å². The highest BCUT2D eigenvalue weighted by Crippen LogP contribution is 2.07. The maximum absolute atomic E-state index is 10.5. The highest BCUT2D eigenvalue weighted by atomic mass is 16.4. The molecule has 104 valence electrons. The molecular formula is C12H14O7. The number of rotatable bonds is 5. The Morgan fingerprint density at radius 3 is 1.68 bits per heavy atom. The molecular weight excluding hydrogens is 256 g/mol. The molecule has 0 heterocycles. The first-order chi connectivity index (χ1) is 8.88. The predicted molar refractivity (Wildman–Crippen MR) is 63.8 cm³/mol. The number of benzene rings is 1. The van der Waals surface area contributed by atoms with Crippen LogP contribution in [0, 0.1) is 0 Å². The summed E-state index contributed by atoms with van der Waals surface area (Å²) in [4.78, 5) is 29.8. The Morgan fingerprint density at radius 1 is 0.895 bits per heavy atom. The van der Waals surface area contributed by atoms with Gasteiger partial charge in [0.25, 0.3) is 0 Å². The molecule has 0 radical (unpaired) electrons. The lowest BCUT2D eigenvalue weighted by atomic mass is 10.1. The molecule has 19 heavy (non-hydrogen) atoms. The highest BCUT2D eigenvalue weighted by Gasteiger charge is 2.06. The van der Waals surface area contributed by atoms with Crippen LogP contribution in [-0.4, -0.2) is 38.3 Å². The minimum atomic E-state index is -1.08. The van der Waals surface area contributed by atoms with Crippen molar-refractivity contribution in [2.75, 3.05) is 0 Å². The number of aliphatic hydroxyl groups excluding tert-OH is 1. The molecule has 0 aliphatic carbocycles. The molecule has 0 spiro atoms. The van der Waals surface area contributed by atoms with Gasteiger partial charge in [0.05, 0.1) is 25.0 Å². The van der Waals surface area contributed by atoms with Crippen LogP contribution in [0.25, 0.3) is 0 Å². The molecule has 7 heteroatoms. The summed E-state index contributed by atoms with van der Waals surface area (Å²) in [6.07, 6.45) is -0.593. The van der Waals surface area contributed by atoms with Gasteiger partial charge in [-0.25, -0.2) is 4.79 Å². The van der Waals surface area contributed by atoms with Gasteiger partial charge in [-0.05, 0) is 11.6 Å². The molecule has 0 aliphatic heterocycles. The van der Waals surface area contributed by atoms with Gasteiger partial charge in [0.2, 0.25) is 0 Å². The molecule has 1 rings (SSSR count). The Hall–Kier alpha value is -2.41. The van der Waals surface area contributed by atoms with Gasteiger partial charge in [-0.15, -0.1) is 0 Å². The Bertz CT molecular complexity index is 439. The van der Waals surface area contributed by atoms with Crippen LogP contribution < -0.4 is 0 Å². The quantitative estimate of drug-likeness (QED) is 0.622. The zero-order valence-corrected chi connectivity index (χ0v) is 9.94. The van der Waals surface area contributed by atoms with Gasteiger partial charge in [-0.1, -0.05) is 18.2 Å². The normalized spacial score (nSPS) is 9.11. The summed E-state index contributed by atoms with van der Waals surface area (Å²) in [5, 5.41) is 33.1. The number of carboxylic acid groups (broad SMARTS) is 3. The molecule has 0 saturated carbocycles. The van der Waals surface area contributed by atoms with Crippen LogP contribution in [0.15, 0.2) is 24.3 Å². The monoisotopic (exact) mass is 270 g/mol. The number of carbonyl (C=O) groups is 3. The highest BCUT2D eigenvalue weighted by molar-refractivity contribution is 5.89. The first kappa shape index (κ1) is 16.6. The van der Waals surface area contributed by atoms with E-state index in [1.54, 1.807) is 18.2 Å².